The van der Waals surface area contributed by atoms with Crippen LogP contribution < -0.4 is 5.84 Å². The maximum atomic E-state index is 5.87. The maximum absolute atomic E-state index is 5.87. The third kappa shape index (κ3) is 1.76. The topological polar surface area (TPSA) is 59.6 Å². The quantitative estimate of drug-likeness (QED) is 0.597. The molecule has 1 aliphatic carbocycles. The lowest BCUT2D eigenvalue weighted by Crippen LogP contribution is -2.20. The molecule has 4 nitrogen and oxygen atoms in total. The molecule has 1 unspecified atom stereocenters. The van der Waals surface area contributed by atoms with Gasteiger partial charge in [-0.3, -0.25) is 5.10 Å². The fraction of sp³-hybridized carbons (Fsp3) is 0.333. The molecular formula is C12H14N4S. The number of rotatable bonds is 1. The number of nitrogens with one attached hydrogen (secondary N) is 1. The van der Waals surface area contributed by atoms with Crippen molar-refractivity contribution in [2.24, 2.45) is 0 Å². The van der Waals surface area contributed by atoms with E-state index in [0.717, 1.165) is 25.1 Å². The van der Waals surface area contributed by atoms with E-state index in [9.17, 15) is 0 Å². The van der Waals surface area contributed by atoms with Crippen LogP contribution in [0.5, 0.6) is 0 Å². The van der Waals surface area contributed by atoms with E-state index < -0.39 is 0 Å². The smallest absolute Gasteiger partial charge is 0.214 e. The molecule has 5 heteroatoms. The van der Waals surface area contributed by atoms with Crippen LogP contribution >= 0.6 is 12.2 Å². The highest BCUT2D eigenvalue weighted by molar-refractivity contribution is 7.71. The van der Waals surface area contributed by atoms with Gasteiger partial charge in [-0.25, -0.2) is 4.68 Å². The number of aryl methyl sites for hydroxylation is 1. The van der Waals surface area contributed by atoms with Gasteiger partial charge >= 0.3 is 0 Å². The average molecular weight is 246 g/mol. The zero-order chi connectivity index (χ0) is 11.8. The SMILES string of the molecule is Nn1c(C2CCc3ccccc3C2)n[nH]c1=S. The summed E-state index contributed by atoms with van der Waals surface area (Å²) in [5, 5.41) is 6.98. The van der Waals surface area contributed by atoms with Crippen LogP contribution in [0, 0.1) is 4.77 Å². The summed E-state index contributed by atoms with van der Waals surface area (Å²) < 4.78 is 1.98. The Morgan fingerprint density at radius 1 is 1.35 bits per heavy atom. The van der Waals surface area contributed by atoms with Gasteiger partial charge in [0.1, 0.15) is 0 Å². The number of aromatic nitrogens is 3. The molecule has 17 heavy (non-hydrogen) atoms. The van der Waals surface area contributed by atoms with Crippen LogP contribution in [0.25, 0.3) is 0 Å². The lowest BCUT2D eigenvalue weighted by atomic mass is 9.83. The third-order valence-corrected chi connectivity index (χ3v) is 3.73. The zero-order valence-corrected chi connectivity index (χ0v) is 10.2. The van der Waals surface area contributed by atoms with Crippen molar-refractivity contribution in [1.82, 2.24) is 14.9 Å². The van der Waals surface area contributed by atoms with E-state index in [0.29, 0.717) is 10.7 Å². The third-order valence-electron chi connectivity index (χ3n) is 3.44. The van der Waals surface area contributed by atoms with E-state index in [1.54, 1.807) is 0 Å². The van der Waals surface area contributed by atoms with Crippen LogP contribution in [-0.4, -0.2) is 14.9 Å². The summed E-state index contributed by atoms with van der Waals surface area (Å²) in [6.07, 6.45) is 3.15. The van der Waals surface area contributed by atoms with Crippen LogP contribution in [0.3, 0.4) is 0 Å². The maximum Gasteiger partial charge on any atom is 0.214 e. The standard InChI is InChI=1S/C12H14N4S/c13-16-11(14-15-12(16)17)10-6-5-8-3-1-2-4-9(8)7-10/h1-4,10H,5-7,13H2,(H,15,17). The predicted molar refractivity (Wildman–Crippen MR) is 68.8 cm³/mol. The lowest BCUT2D eigenvalue weighted by Gasteiger charge is -2.23. The summed E-state index contributed by atoms with van der Waals surface area (Å²) in [5.41, 5.74) is 2.85. The van der Waals surface area contributed by atoms with Crippen molar-refractivity contribution in [3.05, 3.63) is 46.0 Å². The van der Waals surface area contributed by atoms with Crippen molar-refractivity contribution in [2.45, 2.75) is 25.2 Å². The Kier molecular flexibility index (Phi) is 2.48. The van der Waals surface area contributed by atoms with Gasteiger partial charge in [0.15, 0.2) is 5.82 Å². The number of nitrogens with zero attached hydrogens (tertiary/aromatic N) is 2. The van der Waals surface area contributed by atoms with Gasteiger partial charge in [0.2, 0.25) is 4.77 Å². The van der Waals surface area contributed by atoms with Crippen LogP contribution in [0.15, 0.2) is 24.3 Å². The molecule has 3 rings (SSSR count). The Hall–Kier alpha value is -1.62. The second-order valence-electron chi connectivity index (χ2n) is 4.47. The molecular weight excluding hydrogens is 232 g/mol. The highest BCUT2D eigenvalue weighted by atomic mass is 32.1. The second-order valence-corrected chi connectivity index (χ2v) is 4.85. The van der Waals surface area contributed by atoms with E-state index in [-0.39, 0.29) is 0 Å². The van der Waals surface area contributed by atoms with Crippen molar-refractivity contribution in [2.75, 3.05) is 5.84 Å². The van der Waals surface area contributed by atoms with Crippen molar-refractivity contribution in [3.63, 3.8) is 0 Å². The van der Waals surface area contributed by atoms with Crippen molar-refractivity contribution in [3.8, 4) is 0 Å². The van der Waals surface area contributed by atoms with Crippen LogP contribution in [-0.2, 0) is 12.8 Å². The number of hydrogen-bond donors (Lipinski definition) is 2. The Labute approximate surface area is 104 Å². The van der Waals surface area contributed by atoms with Gasteiger partial charge in [0.25, 0.3) is 0 Å². The summed E-state index contributed by atoms with van der Waals surface area (Å²) >= 11 is 5.04. The Morgan fingerprint density at radius 2 is 2.12 bits per heavy atom. The van der Waals surface area contributed by atoms with E-state index >= 15 is 0 Å². The molecule has 1 atom stereocenters. The number of nitrogen functional groups attached to an aromatic ring is 1. The van der Waals surface area contributed by atoms with Crippen molar-refractivity contribution in [1.29, 1.82) is 0 Å². The number of benzene rings is 1. The highest BCUT2D eigenvalue weighted by Gasteiger charge is 2.23. The molecule has 0 saturated carbocycles. The summed E-state index contributed by atoms with van der Waals surface area (Å²) in [4.78, 5) is 0. The highest BCUT2D eigenvalue weighted by Crippen LogP contribution is 2.30. The first-order valence-electron chi connectivity index (χ1n) is 5.75. The first kappa shape index (κ1) is 10.5. The Bertz CT molecular complexity index is 599. The molecule has 3 N–H and O–H groups in total. The minimum absolute atomic E-state index is 0.364. The minimum atomic E-state index is 0.364. The number of nitrogens with two attached hydrogens (primary N) is 1. The molecule has 0 saturated heterocycles. The van der Waals surface area contributed by atoms with E-state index in [1.165, 1.54) is 15.8 Å². The molecule has 1 heterocycles. The molecule has 2 aromatic rings. The van der Waals surface area contributed by atoms with Crippen LogP contribution in [0.2, 0.25) is 0 Å². The number of aromatic amines is 1. The predicted octanol–water partition coefficient (Wildman–Crippen LogP) is 1.93. The zero-order valence-electron chi connectivity index (χ0n) is 9.39. The molecule has 0 fully saturated rings. The van der Waals surface area contributed by atoms with E-state index in [4.69, 9.17) is 18.1 Å². The molecule has 88 valence electrons. The molecule has 1 aliphatic rings. The first-order chi connectivity index (χ1) is 8.25. The van der Waals surface area contributed by atoms with Crippen LogP contribution in [0.1, 0.15) is 29.3 Å². The average Bonchev–Trinajstić information content (AvgIpc) is 2.70. The van der Waals surface area contributed by atoms with E-state index in [2.05, 4.69) is 34.5 Å². The van der Waals surface area contributed by atoms with Crippen LogP contribution in [0.4, 0.5) is 0 Å². The van der Waals surface area contributed by atoms with Gasteiger partial charge in [0, 0.05) is 5.92 Å². The summed E-state index contributed by atoms with van der Waals surface area (Å²) in [6.45, 7) is 0. The molecule has 0 amide bonds. The molecule has 0 aliphatic heterocycles. The van der Waals surface area contributed by atoms with Gasteiger partial charge in [-0.1, -0.05) is 24.3 Å². The fourth-order valence-corrected chi connectivity index (χ4v) is 2.66. The van der Waals surface area contributed by atoms with Crippen molar-refractivity contribution < 1.29 is 0 Å². The number of fused-ring (bicyclic) bond motifs is 1. The molecule has 1 aromatic carbocycles. The molecule has 0 radical (unpaired) electrons. The second kappa shape index (κ2) is 4.00. The largest absolute Gasteiger partial charge is 0.335 e. The normalized spacial score (nSPS) is 18.9. The number of hydrogen-bond acceptors (Lipinski definition) is 3. The molecule has 0 bridgehead atoms. The fourth-order valence-electron chi connectivity index (χ4n) is 2.52. The summed E-state index contributed by atoms with van der Waals surface area (Å²) in [5.74, 6) is 7.10. The van der Waals surface area contributed by atoms with Gasteiger partial charge in [-0.15, -0.1) is 0 Å². The molecule has 0 spiro atoms. The first-order valence-corrected chi connectivity index (χ1v) is 6.15. The van der Waals surface area contributed by atoms with Gasteiger partial charge in [-0.2, -0.15) is 5.10 Å². The number of H-pyrrole nitrogens is 1. The van der Waals surface area contributed by atoms with Crippen molar-refractivity contribution >= 4 is 12.2 Å². The van der Waals surface area contributed by atoms with Gasteiger partial charge < -0.3 is 5.84 Å². The Morgan fingerprint density at radius 3 is 2.82 bits per heavy atom. The molecule has 1 aromatic heterocycles. The minimum Gasteiger partial charge on any atom is -0.335 e. The van der Waals surface area contributed by atoms with E-state index in [1.807, 2.05) is 0 Å². The monoisotopic (exact) mass is 246 g/mol. The van der Waals surface area contributed by atoms with Gasteiger partial charge in [0.05, 0.1) is 0 Å². The Balaban J connectivity index is 1.94. The summed E-state index contributed by atoms with van der Waals surface area (Å²) in [7, 11) is 0. The summed E-state index contributed by atoms with van der Waals surface area (Å²) in [6, 6.07) is 8.56. The lowest BCUT2D eigenvalue weighted by molar-refractivity contribution is 0.541. The van der Waals surface area contributed by atoms with Gasteiger partial charge in [-0.05, 0) is 42.6 Å².